The van der Waals surface area contributed by atoms with Gasteiger partial charge >= 0.3 is 0 Å². The van der Waals surface area contributed by atoms with Gasteiger partial charge < -0.3 is 15.0 Å². The Hall–Kier alpha value is -2.82. The third-order valence-electron chi connectivity index (χ3n) is 5.45. The molecule has 0 saturated carbocycles. The molecule has 0 spiro atoms. The molecule has 28 heavy (non-hydrogen) atoms. The SMILES string of the molecule is O=C(Cc1ccc2c(c1)CCO2)N[C@H](Cc1ccccc1)C(=O)N1CCCC1. The summed E-state index contributed by atoms with van der Waals surface area (Å²) < 4.78 is 5.53. The predicted octanol–water partition coefficient (Wildman–Crippen LogP) is 2.51. The first-order chi connectivity index (χ1) is 13.7. The van der Waals surface area contributed by atoms with E-state index >= 15 is 0 Å². The van der Waals surface area contributed by atoms with Crippen molar-refractivity contribution >= 4 is 11.8 Å². The summed E-state index contributed by atoms with van der Waals surface area (Å²) in [5.74, 6) is 0.819. The van der Waals surface area contributed by atoms with Gasteiger partial charge in [0.05, 0.1) is 13.0 Å². The van der Waals surface area contributed by atoms with E-state index < -0.39 is 6.04 Å². The van der Waals surface area contributed by atoms with Crippen LogP contribution in [0.2, 0.25) is 0 Å². The molecule has 5 nitrogen and oxygen atoms in total. The zero-order chi connectivity index (χ0) is 19.3. The molecular weight excluding hydrogens is 352 g/mol. The number of hydrogen-bond donors (Lipinski definition) is 1. The van der Waals surface area contributed by atoms with Crippen LogP contribution < -0.4 is 10.1 Å². The highest BCUT2D eigenvalue weighted by molar-refractivity contribution is 5.88. The van der Waals surface area contributed by atoms with E-state index in [-0.39, 0.29) is 18.2 Å². The van der Waals surface area contributed by atoms with Crippen LogP contribution in [-0.4, -0.2) is 42.5 Å². The van der Waals surface area contributed by atoms with Gasteiger partial charge in [-0.3, -0.25) is 9.59 Å². The molecule has 2 aliphatic rings. The van der Waals surface area contributed by atoms with Crippen molar-refractivity contribution in [2.45, 2.75) is 38.1 Å². The number of carbonyl (C=O) groups excluding carboxylic acids is 2. The fourth-order valence-corrected chi connectivity index (χ4v) is 3.99. The van der Waals surface area contributed by atoms with Gasteiger partial charge in [-0.2, -0.15) is 0 Å². The molecule has 5 heteroatoms. The van der Waals surface area contributed by atoms with E-state index in [0.29, 0.717) is 13.0 Å². The molecule has 1 atom stereocenters. The number of rotatable bonds is 6. The number of likely N-dealkylation sites (tertiary alicyclic amines) is 1. The molecule has 0 radical (unpaired) electrons. The summed E-state index contributed by atoms with van der Waals surface area (Å²) in [7, 11) is 0. The summed E-state index contributed by atoms with van der Waals surface area (Å²) in [6.45, 7) is 2.27. The maximum atomic E-state index is 13.0. The van der Waals surface area contributed by atoms with Crippen LogP contribution in [0.15, 0.2) is 48.5 Å². The van der Waals surface area contributed by atoms with E-state index in [1.807, 2.05) is 53.4 Å². The summed E-state index contributed by atoms with van der Waals surface area (Å²) in [6, 6.07) is 15.2. The minimum absolute atomic E-state index is 0.0251. The normalized spacial score (nSPS) is 16.4. The van der Waals surface area contributed by atoms with E-state index in [9.17, 15) is 9.59 Å². The van der Waals surface area contributed by atoms with Gasteiger partial charge in [0.1, 0.15) is 11.8 Å². The van der Waals surface area contributed by atoms with Crippen molar-refractivity contribution in [1.29, 1.82) is 0 Å². The molecule has 2 aromatic carbocycles. The van der Waals surface area contributed by atoms with Gasteiger partial charge in [-0.15, -0.1) is 0 Å². The molecule has 0 bridgehead atoms. The van der Waals surface area contributed by atoms with Crippen molar-refractivity contribution < 1.29 is 14.3 Å². The first-order valence-electron chi connectivity index (χ1n) is 10.1. The summed E-state index contributed by atoms with van der Waals surface area (Å²) in [5, 5.41) is 3.00. The molecular formula is C23H26N2O3. The summed E-state index contributed by atoms with van der Waals surface area (Å²) in [5.41, 5.74) is 3.16. The lowest BCUT2D eigenvalue weighted by Crippen LogP contribution is -2.49. The lowest BCUT2D eigenvalue weighted by atomic mass is 10.0. The second-order valence-corrected chi connectivity index (χ2v) is 7.56. The van der Waals surface area contributed by atoms with Crippen LogP contribution in [-0.2, 0) is 28.9 Å². The zero-order valence-electron chi connectivity index (χ0n) is 16.0. The summed E-state index contributed by atoms with van der Waals surface area (Å²) in [6.07, 6.45) is 3.74. The number of hydrogen-bond acceptors (Lipinski definition) is 3. The Kier molecular flexibility index (Phi) is 5.60. The predicted molar refractivity (Wildman–Crippen MR) is 107 cm³/mol. The number of nitrogens with zero attached hydrogens (tertiary/aromatic N) is 1. The zero-order valence-corrected chi connectivity index (χ0v) is 16.0. The van der Waals surface area contributed by atoms with Gasteiger partial charge in [0.2, 0.25) is 11.8 Å². The van der Waals surface area contributed by atoms with Crippen LogP contribution in [0.4, 0.5) is 0 Å². The molecule has 2 amide bonds. The Balaban J connectivity index is 1.44. The van der Waals surface area contributed by atoms with Gasteiger partial charge in [-0.05, 0) is 35.6 Å². The van der Waals surface area contributed by atoms with Crippen molar-refractivity contribution in [3.05, 3.63) is 65.2 Å². The van der Waals surface area contributed by atoms with Crippen molar-refractivity contribution in [2.24, 2.45) is 0 Å². The second kappa shape index (κ2) is 8.46. The fraction of sp³-hybridized carbons (Fsp3) is 0.391. The first kappa shape index (κ1) is 18.5. The van der Waals surface area contributed by atoms with Crippen LogP contribution in [0, 0.1) is 0 Å². The molecule has 2 heterocycles. The van der Waals surface area contributed by atoms with Gasteiger partial charge in [-0.1, -0.05) is 42.5 Å². The Morgan fingerprint density at radius 1 is 1.04 bits per heavy atom. The molecule has 1 N–H and O–H groups in total. The van der Waals surface area contributed by atoms with Gasteiger partial charge in [0, 0.05) is 25.9 Å². The fourth-order valence-electron chi connectivity index (χ4n) is 3.99. The molecule has 1 saturated heterocycles. The van der Waals surface area contributed by atoms with Crippen molar-refractivity contribution in [3.8, 4) is 5.75 Å². The van der Waals surface area contributed by atoms with Crippen LogP contribution in [0.5, 0.6) is 5.75 Å². The minimum atomic E-state index is -0.522. The number of fused-ring (bicyclic) bond motifs is 1. The average Bonchev–Trinajstić information content (AvgIpc) is 3.39. The Morgan fingerprint density at radius 2 is 1.82 bits per heavy atom. The maximum Gasteiger partial charge on any atom is 0.245 e. The van der Waals surface area contributed by atoms with Crippen LogP contribution >= 0.6 is 0 Å². The minimum Gasteiger partial charge on any atom is -0.493 e. The van der Waals surface area contributed by atoms with Gasteiger partial charge in [0.15, 0.2) is 0 Å². The molecule has 0 unspecified atom stereocenters. The first-order valence-corrected chi connectivity index (χ1v) is 10.1. The van der Waals surface area contributed by atoms with E-state index in [1.165, 1.54) is 0 Å². The number of amides is 2. The molecule has 146 valence electrons. The Labute approximate surface area is 165 Å². The van der Waals surface area contributed by atoms with Gasteiger partial charge in [0.25, 0.3) is 0 Å². The molecule has 0 aromatic heterocycles. The van der Waals surface area contributed by atoms with Crippen LogP contribution in [0.1, 0.15) is 29.5 Å². The number of nitrogens with one attached hydrogen (secondary N) is 1. The second-order valence-electron chi connectivity index (χ2n) is 7.56. The van der Waals surface area contributed by atoms with E-state index in [1.54, 1.807) is 0 Å². The number of ether oxygens (including phenoxy) is 1. The van der Waals surface area contributed by atoms with Crippen molar-refractivity contribution in [2.75, 3.05) is 19.7 Å². The maximum absolute atomic E-state index is 13.0. The topological polar surface area (TPSA) is 58.6 Å². The van der Waals surface area contributed by atoms with Crippen LogP contribution in [0.3, 0.4) is 0 Å². The summed E-state index contributed by atoms with van der Waals surface area (Å²) >= 11 is 0. The lowest BCUT2D eigenvalue weighted by molar-refractivity contribution is -0.135. The highest BCUT2D eigenvalue weighted by Crippen LogP contribution is 2.26. The van der Waals surface area contributed by atoms with E-state index in [0.717, 1.165) is 54.8 Å². The largest absolute Gasteiger partial charge is 0.493 e. The Bertz CT molecular complexity index is 844. The Morgan fingerprint density at radius 3 is 2.61 bits per heavy atom. The van der Waals surface area contributed by atoms with Crippen molar-refractivity contribution in [3.63, 3.8) is 0 Å². The van der Waals surface area contributed by atoms with E-state index in [2.05, 4.69) is 5.32 Å². The number of carbonyl (C=O) groups is 2. The van der Waals surface area contributed by atoms with Crippen molar-refractivity contribution in [1.82, 2.24) is 10.2 Å². The standard InChI is InChI=1S/C23H26N2O3/c26-22(16-18-8-9-21-19(14-18)10-13-28-21)24-20(15-17-6-2-1-3-7-17)23(27)25-11-4-5-12-25/h1-3,6-9,14,20H,4-5,10-13,15-16H2,(H,24,26)/t20-/m1/s1. The molecule has 1 fully saturated rings. The lowest BCUT2D eigenvalue weighted by Gasteiger charge is -2.24. The molecule has 2 aromatic rings. The summed E-state index contributed by atoms with van der Waals surface area (Å²) in [4.78, 5) is 27.6. The van der Waals surface area contributed by atoms with E-state index in [4.69, 9.17) is 4.74 Å². The monoisotopic (exact) mass is 378 g/mol. The molecule has 4 rings (SSSR count). The molecule has 0 aliphatic carbocycles. The molecule has 2 aliphatic heterocycles. The third kappa shape index (κ3) is 4.35. The highest BCUT2D eigenvalue weighted by atomic mass is 16.5. The van der Waals surface area contributed by atoms with Gasteiger partial charge in [-0.25, -0.2) is 0 Å². The highest BCUT2D eigenvalue weighted by Gasteiger charge is 2.28. The number of benzene rings is 2. The third-order valence-corrected chi connectivity index (χ3v) is 5.45. The quantitative estimate of drug-likeness (QED) is 0.840. The van der Waals surface area contributed by atoms with Crippen LogP contribution in [0.25, 0.3) is 0 Å². The average molecular weight is 378 g/mol. The smallest absolute Gasteiger partial charge is 0.245 e.